The number of aliphatic hydroxyl groups is 1. The first kappa shape index (κ1) is 12.0. The molecule has 72 valence electrons. The van der Waals surface area contributed by atoms with E-state index in [1.165, 1.54) is 0 Å². The standard InChI is InChI=1S/C9H19NOS/c1-7(6-10)5-9(12)8(2)3-4-11/h7-8,11H,3-6,10H2,1-2H3. The van der Waals surface area contributed by atoms with E-state index in [4.69, 9.17) is 23.1 Å². The van der Waals surface area contributed by atoms with E-state index in [2.05, 4.69) is 13.8 Å². The Balaban J connectivity index is 3.70. The van der Waals surface area contributed by atoms with Crippen molar-refractivity contribution in [3.8, 4) is 0 Å². The molecular weight excluding hydrogens is 170 g/mol. The summed E-state index contributed by atoms with van der Waals surface area (Å²) in [4.78, 5) is 1.04. The minimum atomic E-state index is 0.221. The fourth-order valence-corrected chi connectivity index (χ4v) is 1.38. The van der Waals surface area contributed by atoms with Crippen LogP contribution in [0.5, 0.6) is 0 Å². The normalized spacial score (nSPS) is 15.7. The van der Waals surface area contributed by atoms with Gasteiger partial charge in [-0.15, -0.1) is 0 Å². The second kappa shape index (κ2) is 6.52. The molecule has 0 aromatic rings. The molecule has 2 atom stereocenters. The van der Waals surface area contributed by atoms with Crippen LogP contribution in [0.4, 0.5) is 0 Å². The van der Waals surface area contributed by atoms with Crippen molar-refractivity contribution >= 4 is 17.1 Å². The summed E-state index contributed by atoms with van der Waals surface area (Å²) in [7, 11) is 0. The number of hydrogen-bond acceptors (Lipinski definition) is 3. The molecule has 3 N–H and O–H groups in total. The first-order valence-corrected chi connectivity index (χ1v) is 4.86. The van der Waals surface area contributed by atoms with E-state index in [1.54, 1.807) is 0 Å². The van der Waals surface area contributed by atoms with Crippen LogP contribution < -0.4 is 5.73 Å². The highest BCUT2D eigenvalue weighted by Crippen LogP contribution is 2.12. The van der Waals surface area contributed by atoms with Crippen molar-refractivity contribution in [1.29, 1.82) is 0 Å². The van der Waals surface area contributed by atoms with E-state index in [0.717, 1.165) is 17.7 Å². The maximum absolute atomic E-state index is 8.69. The van der Waals surface area contributed by atoms with Gasteiger partial charge in [0.05, 0.1) is 0 Å². The number of thiocarbonyl (C=S) groups is 1. The first-order chi connectivity index (χ1) is 5.61. The lowest BCUT2D eigenvalue weighted by Crippen LogP contribution is -2.18. The molecule has 0 aliphatic heterocycles. The van der Waals surface area contributed by atoms with E-state index in [9.17, 15) is 0 Å². The van der Waals surface area contributed by atoms with Crippen LogP contribution in [0.15, 0.2) is 0 Å². The SMILES string of the molecule is CC(CN)CC(=S)C(C)CCO. The highest BCUT2D eigenvalue weighted by Gasteiger charge is 2.10. The molecule has 0 aliphatic carbocycles. The van der Waals surface area contributed by atoms with Gasteiger partial charge >= 0.3 is 0 Å². The minimum absolute atomic E-state index is 0.221. The molecule has 0 heterocycles. The molecule has 0 fully saturated rings. The Kier molecular flexibility index (Phi) is 6.52. The van der Waals surface area contributed by atoms with Crippen LogP contribution in [0, 0.1) is 11.8 Å². The van der Waals surface area contributed by atoms with Crippen LogP contribution in [-0.2, 0) is 0 Å². The Morgan fingerprint density at radius 2 is 2.08 bits per heavy atom. The number of hydrogen-bond donors (Lipinski definition) is 2. The van der Waals surface area contributed by atoms with Gasteiger partial charge in [0, 0.05) is 6.61 Å². The molecule has 0 spiro atoms. The van der Waals surface area contributed by atoms with Gasteiger partial charge in [-0.2, -0.15) is 0 Å². The predicted molar refractivity (Wildman–Crippen MR) is 56.3 cm³/mol. The highest BCUT2D eigenvalue weighted by molar-refractivity contribution is 7.80. The van der Waals surface area contributed by atoms with E-state index in [-0.39, 0.29) is 6.61 Å². The summed E-state index contributed by atoms with van der Waals surface area (Å²) < 4.78 is 0. The molecule has 0 saturated heterocycles. The first-order valence-electron chi connectivity index (χ1n) is 4.45. The zero-order valence-electron chi connectivity index (χ0n) is 7.92. The molecule has 0 aliphatic rings. The van der Waals surface area contributed by atoms with E-state index in [1.807, 2.05) is 0 Å². The molecule has 0 bridgehead atoms. The predicted octanol–water partition coefficient (Wildman–Crippen LogP) is 1.36. The third-order valence-corrected chi connectivity index (χ3v) is 2.63. The Morgan fingerprint density at radius 1 is 1.50 bits per heavy atom. The van der Waals surface area contributed by atoms with Crippen LogP contribution in [0.3, 0.4) is 0 Å². The van der Waals surface area contributed by atoms with Crippen LogP contribution in [0.1, 0.15) is 26.7 Å². The summed E-state index contributed by atoms with van der Waals surface area (Å²) in [6, 6.07) is 0. The summed E-state index contributed by atoms with van der Waals surface area (Å²) >= 11 is 5.22. The van der Waals surface area contributed by atoms with E-state index < -0.39 is 0 Å². The average Bonchev–Trinajstić information content (AvgIpc) is 2.04. The lowest BCUT2D eigenvalue weighted by atomic mass is 9.96. The fraction of sp³-hybridized carbons (Fsp3) is 0.889. The van der Waals surface area contributed by atoms with Crippen LogP contribution in [0.25, 0.3) is 0 Å². The van der Waals surface area contributed by atoms with Gasteiger partial charge in [-0.05, 0) is 36.1 Å². The summed E-state index contributed by atoms with van der Waals surface area (Å²) in [5.41, 5.74) is 5.49. The summed E-state index contributed by atoms with van der Waals surface area (Å²) in [6.45, 7) is 5.06. The number of rotatable bonds is 6. The van der Waals surface area contributed by atoms with Crippen LogP contribution in [-0.4, -0.2) is 23.1 Å². The van der Waals surface area contributed by atoms with Gasteiger partial charge < -0.3 is 10.8 Å². The van der Waals surface area contributed by atoms with Crippen molar-refractivity contribution < 1.29 is 5.11 Å². The third kappa shape index (κ3) is 4.80. The van der Waals surface area contributed by atoms with E-state index >= 15 is 0 Å². The van der Waals surface area contributed by atoms with Crippen molar-refractivity contribution in [3.05, 3.63) is 0 Å². The highest BCUT2D eigenvalue weighted by atomic mass is 32.1. The Bertz CT molecular complexity index is 138. The molecule has 0 amide bonds. The van der Waals surface area contributed by atoms with Gasteiger partial charge in [0.2, 0.25) is 0 Å². The largest absolute Gasteiger partial charge is 0.396 e. The second-order valence-electron chi connectivity index (χ2n) is 3.42. The molecule has 2 nitrogen and oxygen atoms in total. The summed E-state index contributed by atoms with van der Waals surface area (Å²) in [5, 5.41) is 8.69. The molecule has 3 heteroatoms. The van der Waals surface area contributed by atoms with Crippen molar-refractivity contribution in [3.63, 3.8) is 0 Å². The second-order valence-corrected chi connectivity index (χ2v) is 3.95. The molecule has 2 unspecified atom stereocenters. The van der Waals surface area contributed by atoms with Crippen molar-refractivity contribution in [2.75, 3.05) is 13.2 Å². The van der Waals surface area contributed by atoms with Crippen LogP contribution >= 0.6 is 12.2 Å². The van der Waals surface area contributed by atoms with Crippen molar-refractivity contribution in [2.45, 2.75) is 26.7 Å². The molecule has 0 radical (unpaired) electrons. The lowest BCUT2D eigenvalue weighted by molar-refractivity contribution is 0.277. The van der Waals surface area contributed by atoms with Gasteiger partial charge in [0.1, 0.15) is 0 Å². The average molecular weight is 189 g/mol. The van der Waals surface area contributed by atoms with Crippen molar-refractivity contribution in [2.24, 2.45) is 17.6 Å². The van der Waals surface area contributed by atoms with Gasteiger partial charge in [-0.1, -0.05) is 26.1 Å². The zero-order chi connectivity index (χ0) is 9.56. The van der Waals surface area contributed by atoms with Crippen molar-refractivity contribution in [1.82, 2.24) is 0 Å². The van der Waals surface area contributed by atoms with Gasteiger partial charge in [-0.3, -0.25) is 0 Å². The quantitative estimate of drug-likeness (QED) is 0.620. The molecule has 0 rings (SSSR count). The summed E-state index contributed by atoms with van der Waals surface area (Å²) in [6.07, 6.45) is 1.68. The maximum Gasteiger partial charge on any atom is 0.0436 e. The maximum atomic E-state index is 8.69. The smallest absolute Gasteiger partial charge is 0.0436 e. The Hall–Kier alpha value is 0.01000. The van der Waals surface area contributed by atoms with Gasteiger partial charge in [0.15, 0.2) is 0 Å². The zero-order valence-corrected chi connectivity index (χ0v) is 8.73. The topological polar surface area (TPSA) is 46.2 Å². The lowest BCUT2D eigenvalue weighted by Gasteiger charge is -2.14. The number of nitrogens with two attached hydrogens (primary N) is 1. The number of aliphatic hydroxyl groups excluding tert-OH is 1. The Morgan fingerprint density at radius 3 is 2.50 bits per heavy atom. The molecule has 12 heavy (non-hydrogen) atoms. The van der Waals surface area contributed by atoms with Crippen LogP contribution in [0.2, 0.25) is 0 Å². The molecule has 0 aromatic carbocycles. The molecular formula is C9H19NOS. The van der Waals surface area contributed by atoms with Gasteiger partial charge in [-0.25, -0.2) is 0 Å². The van der Waals surface area contributed by atoms with E-state index in [0.29, 0.717) is 18.4 Å². The monoisotopic (exact) mass is 189 g/mol. The Labute approximate surface area is 80.2 Å². The summed E-state index contributed by atoms with van der Waals surface area (Å²) in [5.74, 6) is 0.817. The molecule has 0 saturated carbocycles. The van der Waals surface area contributed by atoms with Gasteiger partial charge in [0.25, 0.3) is 0 Å². The fourth-order valence-electron chi connectivity index (χ4n) is 0.983. The minimum Gasteiger partial charge on any atom is -0.396 e. The third-order valence-electron chi connectivity index (χ3n) is 2.06. The molecule has 0 aromatic heterocycles.